The summed E-state index contributed by atoms with van der Waals surface area (Å²) in [6, 6.07) is 6.01. The molecule has 3 aliphatic carbocycles. The molecular formula is C23H32N2O2. The quantitative estimate of drug-likeness (QED) is 0.633. The van der Waals surface area contributed by atoms with Crippen molar-refractivity contribution in [2.45, 2.75) is 71.1 Å². The lowest BCUT2D eigenvalue weighted by Crippen LogP contribution is -2.48. The second-order valence-corrected chi connectivity index (χ2v) is 8.80. The van der Waals surface area contributed by atoms with Gasteiger partial charge in [-0.05, 0) is 80.5 Å². The topological polar surface area (TPSA) is 48.2 Å². The highest BCUT2D eigenvalue weighted by atomic mass is 16.5. The molecule has 0 saturated heterocycles. The van der Waals surface area contributed by atoms with Crippen molar-refractivity contribution >= 4 is 0 Å². The summed E-state index contributed by atoms with van der Waals surface area (Å²) in [7, 11) is 1.69. The Balaban J connectivity index is 1.68. The van der Waals surface area contributed by atoms with E-state index in [1.165, 1.54) is 44.9 Å². The Labute approximate surface area is 162 Å². The van der Waals surface area contributed by atoms with E-state index in [0.29, 0.717) is 11.8 Å². The molecule has 2 unspecified atom stereocenters. The van der Waals surface area contributed by atoms with E-state index < -0.39 is 0 Å². The monoisotopic (exact) mass is 368 g/mol. The fourth-order valence-corrected chi connectivity index (χ4v) is 5.73. The van der Waals surface area contributed by atoms with Crippen LogP contribution in [-0.4, -0.2) is 17.3 Å². The molecule has 1 aromatic heterocycles. The molecule has 4 nitrogen and oxygen atoms in total. The number of aryl methyl sites for hydroxylation is 1. The smallest absolute Gasteiger partial charge is 0.248 e. The minimum absolute atomic E-state index is 0.0922. The number of nitrogens with zero attached hydrogens (tertiary/aromatic N) is 2. The molecule has 0 aliphatic heterocycles. The summed E-state index contributed by atoms with van der Waals surface area (Å²) in [5, 5.41) is 9.08. The van der Waals surface area contributed by atoms with Crippen LogP contribution in [0.4, 0.5) is 0 Å². The number of hydrogen-bond donors (Lipinski definition) is 0. The fourth-order valence-electron chi connectivity index (χ4n) is 5.73. The summed E-state index contributed by atoms with van der Waals surface area (Å²) in [5.41, 5.74) is 2.20. The summed E-state index contributed by atoms with van der Waals surface area (Å²) in [5.74, 6) is 4.69. The maximum absolute atomic E-state index is 6.38. The van der Waals surface area contributed by atoms with Crippen LogP contribution in [0, 0.1) is 24.7 Å². The van der Waals surface area contributed by atoms with Crippen LogP contribution in [0.15, 0.2) is 22.6 Å². The lowest BCUT2D eigenvalue weighted by Gasteiger charge is -2.52. The van der Waals surface area contributed by atoms with Crippen LogP contribution in [0.3, 0.4) is 0 Å². The van der Waals surface area contributed by atoms with Gasteiger partial charge < -0.3 is 9.15 Å². The number of aromatic nitrogens is 2. The van der Waals surface area contributed by atoms with Crippen molar-refractivity contribution in [2.75, 3.05) is 7.11 Å². The molecule has 2 bridgehead atoms. The Morgan fingerprint density at radius 2 is 2.04 bits per heavy atom. The van der Waals surface area contributed by atoms with E-state index in [9.17, 15) is 0 Å². The van der Waals surface area contributed by atoms with Crippen molar-refractivity contribution in [3.05, 3.63) is 29.7 Å². The molecule has 146 valence electrons. The van der Waals surface area contributed by atoms with Gasteiger partial charge in [0.1, 0.15) is 5.75 Å². The number of ether oxygens (including phenoxy) is 1. The molecule has 2 aromatic rings. The Morgan fingerprint density at radius 1 is 1.26 bits per heavy atom. The Morgan fingerprint density at radius 3 is 2.70 bits per heavy atom. The normalized spacial score (nSPS) is 28.3. The summed E-state index contributed by atoms with van der Waals surface area (Å²) in [6.07, 6.45) is 8.92. The molecule has 4 heteroatoms. The highest BCUT2D eigenvalue weighted by Crippen LogP contribution is 2.57. The van der Waals surface area contributed by atoms with Gasteiger partial charge in [0.15, 0.2) is 0 Å². The number of methoxy groups -OCH3 is 1. The summed E-state index contributed by atoms with van der Waals surface area (Å²) < 4.78 is 11.7. The third-order valence-electron chi connectivity index (χ3n) is 7.24. The van der Waals surface area contributed by atoms with E-state index >= 15 is 0 Å². The van der Waals surface area contributed by atoms with Crippen molar-refractivity contribution in [3.8, 4) is 17.2 Å². The van der Waals surface area contributed by atoms with Crippen LogP contribution in [0.25, 0.3) is 11.5 Å². The number of fused-ring (bicyclic) bond motifs is 3. The van der Waals surface area contributed by atoms with Gasteiger partial charge in [0.2, 0.25) is 11.8 Å². The molecule has 0 amide bonds. The Kier molecular flexibility index (Phi) is 5.00. The predicted octanol–water partition coefficient (Wildman–Crippen LogP) is 5.94. The van der Waals surface area contributed by atoms with Gasteiger partial charge in [-0.15, -0.1) is 10.2 Å². The second kappa shape index (κ2) is 7.29. The van der Waals surface area contributed by atoms with Gasteiger partial charge in [0.25, 0.3) is 0 Å². The minimum atomic E-state index is 0.0922. The van der Waals surface area contributed by atoms with Gasteiger partial charge >= 0.3 is 0 Å². The predicted molar refractivity (Wildman–Crippen MR) is 107 cm³/mol. The lowest BCUT2D eigenvalue weighted by molar-refractivity contribution is 0.00815. The van der Waals surface area contributed by atoms with Crippen LogP contribution >= 0.6 is 0 Å². The molecule has 2 atom stereocenters. The first-order valence-electron chi connectivity index (χ1n) is 10.6. The Hall–Kier alpha value is -1.84. The minimum Gasteiger partial charge on any atom is -0.497 e. The largest absolute Gasteiger partial charge is 0.497 e. The zero-order valence-corrected chi connectivity index (χ0v) is 17.1. The van der Waals surface area contributed by atoms with Gasteiger partial charge in [-0.2, -0.15) is 0 Å². The van der Waals surface area contributed by atoms with E-state index in [-0.39, 0.29) is 5.41 Å². The third kappa shape index (κ3) is 3.17. The van der Waals surface area contributed by atoms with Gasteiger partial charge in [-0.3, -0.25) is 0 Å². The van der Waals surface area contributed by atoms with Gasteiger partial charge in [0.05, 0.1) is 12.5 Å². The van der Waals surface area contributed by atoms with E-state index in [4.69, 9.17) is 9.15 Å². The third-order valence-corrected chi connectivity index (χ3v) is 7.24. The highest BCUT2D eigenvalue weighted by molar-refractivity contribution is 5.59. The molecule has 0 spiro atoms. The molecule has 0 radical (unpaired) electrons. The zero-order valence-electron chi connectivity index (χ0n) is 17.1. The first-order valence-corrected chi connectivity index (χ1v) is 10.6. The van der Waals surface area contributed by atoms with E-state index in [1.54, 1.807) is 7.11 Å². The van der Waals surface area contributed by atoms with Crippen LogP contribution in [0.5, 0.6) is 5.75 Å². The fraction of sp³-hybridized carbons (Fsp3) is 0.652. The van der Waals surface area contributed by atoms with Crippen LogP contribution in [0.1, 0.15) is 70.2 Å². The molecule has 5 rings (SSSR count). The first kappa shape index (κ1) is 18.5. The molecule has 0 N–H and O–H groups in total. The van der Waals surface area contributed by atoms with Crippen LogP contribution in [-0.2, 0) is 5.41 Å². The average Bonchev–Trinajstić information content (AvgIpc) is 3.19. The maximum Gasteiger partial charge on any atom is 0.248 e. The van der Waals surface area contributed by atoms with Crippen molar-refractivity contribution in [1.82, 2.24) is 10.2 Å². The SMILES string of the molecule is CCCC(C)C1CC2CCC1(c1nnc(-c3ccc(OC)cc3C)o1)CC2. The molecular weight excluding hydrogens is 336 g/mol. The number of benzene rings is 1. The van der Waals surface area contributed by atoms with Gasteiger partial charge in [-0.1, -0.05) is 26.7 Å². The van der Waals surface area contributed by atoms with Gasteiger partial charge in [0, 0.05) is 5.56 Å². The highest BCUT2D eigenvalue weighted by Gasteiger charge is 2.53. The van der Waals surface area contributed by atoms with E-state index in [0.717, 1.165) is 34.6 Å². The molecule has 3 fully saturated rings. The molecule has 1 aromatic carbocycles. The van der Waals surface area contributed by atoms with Crippen molar-refractivity contribution in [2.24, 2.45) is 17.8 Å². The Bertz CT molecular complexity index is 789. The molecule has 3 aliphatic rings. The zero-order chi connectivity index (χ0) is 19.0. The summed E-state index contributed by atoms with van der Waals surface area (Å²) >= 11 is 0. The molecule has 1 heterocycles. The maximum atomic E-state index is 6.38. The van der Waals surface area contributed by atoms with Crippen molar-refractivity contribution < 1.29 is 9.15 Å². The van der Waals surface area contributed by atoms with E-state index in [1.807, 2.05) is 18.2 Å². The van der Waals surface area contributed by atoms with Crippen molar-refractivity contribution in [1.29, 1.82) is 0 Å². The summed E-state index contributed by atoms with van der Waals surface area (Å²) in [6.45, 7) is 6.79. The molecule has 3 saturated carbocycles. The number of rotatable bonds is 6. The lowest BCUT2D eigenvalue weighted by atomic mass is 9.52. The van der Waals surface area contributed by atoms with Crippen molar-refractivity contribution in [3.63, 3.8) is 0 Å². The summed E-state index contributed by atoms with van der Waals surface area (Å²) in [4.78, 5) is 0. The van der Waals surface area contributed by atoms with Crippen LogP contribution < -0.4 is 4.74 Å². The average molecular weight is 369 g/mol. The van der Waals surface area contributed by atoms with E-state index in [2.05, 4.69) is 31.0 Å². The molecule has 27 heavy (non-hydrogen) atoms. The standard InChI is InChI=1S/C23H32N2O2/c1-5-6-15(2)20-14-17-9-11-23(20,12-10-17)22-25-24-21(27-22)19-8-7-18(26-4)13-16(19)3/h7-8,13,15,17,20H,5-6,9-12,14H2,1-4H3. The van der Waals surface area contributed by atoms with Gasteiger partial charge in [-0.25, -0.2) is 0 Å². The number of hydrogen-bond acceptors (Lipinski definition) is 4. The van der Waals surface area contributed by atoms with Crippen LogP contribution in [0.2, 0.25) is 0 Å². The second-order valence-electron chi connectivity index (χ2n) is 8.80. The first-order chi connectivity index (χ1) is 13.1.